The molecular weight excluding hydrogens is 114 g/mol. The molecule has 0 rings (SSSR count). The van der Waals surface area contributed by atoms with Crippen LogP contribution in [0.25, 0.3) is 0 Å². The number of halogens is 2. The maximum Gasteiger partial charge on any atom is 0.151 e. The van der Waals surface area contributed by atoms with E-state index in [1.165, 1.54) is 0 Å². The van der Waals surface area contributed by atoms with Crippen molar-refractivity contribution in [1.82, 2.24) is 0 Å². The predicted octanol–water partition coefficient (Wildman–Crippen LogP) is 1.14. The molecule has 0 saturated carbocycles. The minimum Gasteiger partial charge on any atom is -0.378 e. The zero-order chi connectivity index (χ0) is 6.41. The molecule has 0 bridgehead atoms. The summed E-state index contributed by atoms with van der Waals surface area (Å²) in [6.07, 6.45) is -1.48. The average molecular weight is 123 g/mol. The molecule has 1 radical (unpaired) electrons. The van der Waals surface area contributed by atoms with Crippen LogP contribution in [0.5, 0.6) is 0 Å². The van der Waals surface area contributed by atoms with E-state index in [9.17, 15) is 8.78 Å². The topological polar surface area (TPSA) is 9.23 Å². The third-order valence-corrected chi connectivity index (χ3v) is 0.610. The Kier molecular flexibility index (Phi) is 4.85. The monoisotopic (exact) mass is 123 g/mol. The van der Waals surface area contributed by atoms with Crippen LogP contribution in [0.2, 0.25) is 0 Å². The quantitative estimate of drug-likeness (QED) is 0.544. The van der Waals surface area contributed by atoms with E-state index in [0.29, 0.717) is 0 Å². The Balaban J connectivity index is 2.86. The molecule has 0 spiro atoms. The summed E-state index contributed by atoms with van der Waals surface area (Å²) in [4.78, 5) is 0. The minimum atomic E-state index is -1.48. The van der Waals surface area contributed by atoms with Crippen molar-refractivity contribution < 1.29 is 13.5 Å². The number of ether oxygens (including phenoxy) is 1. The Hall–Kier alpha value is -0.180. The van der Waals surface area contributed by atoms with Gasteiger partial charge in [-0.2, -0.15) is 0 Å². The largest absolute Gasteiger partial charge is 0.378 e. The van der Waals surface area contributed by atoms with Crippen molar-refractivity contribution >= 4 is 0 Å². The van der Waals surface area contributed by atoms with Crippen molar-refractivity contribution in [2.45, 2.75) is 6.17 Å². The molecule has 0 N–H and O–H groups in total. The number of hydrogen-bond donors (Lipinski definition) is 0. The van der Waals surface area contributed by atoms with Gasteiger partial charge in [0.2, 0.25) is 0 Å². The fourth-order valence-electron chi connectivity index (χ4n) is 0.256. The lowest BCUT2D eigenvalue weighted by Gasteiger charge is -2.00. The normalized spacial score (nSPS) is 13.9. The number of hydrogen-bond acceptors (Lipinski definition) is 1. The standard InChI is InChI=1S/C5H9F2O/c1-2-8-4-5(7)3-6/h5H,1-4H2. The van der Waals surface area contributed by atoms with Crippen LogP contribution in [0.1, 0.15) is 0 Å². The van der Waals surface area contributed by atoms with Gasteiger partial charge >= 0.3 is 0 Å². The highest BCUT2D eigenvalue weighted by Gasteiger charge is 2.02. The molecule has 0 aromatic rings. The van der Waals surface area contributed by atoms with Gasteiger partial charge in [-0.05, 0) is 6.92 Å². The zero-order valence-corrected chi connectivity index (χ0v) is 4.57. The van der Waals surface area contributed by atoms with Crippen LogP contribution in [0.3, 0.4) is 0 Å². The average Bonchev–Trinajstić information content (AvgIpc) is 1.83. The van der Waals surface area contributed by atoms with Crippen LogP contribution in [0.15, 0.2) is 0 Å². The highest BCUT2D eigenvalue weighted by atomic mass is 19.2. The van der Waals surface area contributed by atoms with Crippen molar-refractivity contribution in [2.75, 3.05) is 19.9 Å². The van der Waals surface area contributed by atoms with Crippen molar-refractivity contribution in [2.24, 2.45) is 0 Å². The van der Waals surface area contributed by atoms with Gasteiger partial charge < -0.3 is 4.74 Å². The van der Waals surface area contributed by atoms with Gasteiger partial charge in [0.15, 0.2) is 6.17 Å². The van der Waals surface area contributed by atoms with Gasteiger partial charge in [-0.25, -0.2) is 8.78 Å². The van der Waals surface area contributed by atoms with E-state index in [-0.39, 0.29) is 13.2 Å². The van der Waals surface area contributed by atoms with Crippen LogP contribution < -0.4 is 0 Å². The molecule has 0 aliphatic heterocycles. The number of rotatable bonds is 4. The molecule has 0 aliphatic rings. The lowest BCUT2D eigenvalue weighted by atomic mass is 10.5. The highest BCUT2D eigenvalue weighted by Crippen LogP contribution is 1.91. The van der Waals surface area contributed by atoms with Crippen LogP contribution in [0, 0.1) is 6.92 Å². The van der Waals surface area contributed by atoms with Gasteiger partial charge in [0.25, 0.3) is 0 Å². The summed E-state index contributed by atoms with van der Waals surface area (Å²) in [5, 5.41) is 0. The second kappa shape index (κ2) is 4.97. The highest BCUT2D eigenvalue weighted by molar-refractivity contribution is 4.49. The van der Waals surface area contributed by atoms with Gasteiger partial charge in [-0.3, -0.25) is 0 Å². The summed E-state index contributed by atoms with van der Waals surface area (Å²) >= 11 is 0. The van der Waals surface area contributed by atoms with E-state index < -0.39 is 12.8 Å². The van der Waals surface area contributed by atoms with Crippen molar-refractivity contribution in [1.29, 1.82) is 0 Å². The summed E-state index contributed by atoms with van der Waals surface area (Å²) in [7, 11) is 0. The minimum absolute atomic E-state index is 0.181. The van der Waals surface area contributed by atoms with E-state index in [2.05, 4.69) is 11.7 Å². The Morgan fingerprint density at radius 1 is 1.62 bits per heavy atom. The maximum atomic E-state index is 11.8. The van der Waals surface area contributed by atoms with Crippen LogP contribution in [-0.4, -0.2) is 26.1 Å². The first kappa shape index (κ1) is 7.82. The Labute approximate surface area is 47.6 Å². The summed E-state index contributed by atoms with van der Waals surface area (Å²) in [6, 6.07) is 0. The fourth-order valence-corrected chi connectivity index (χ4v) is 0.256. The molecule has 0 heterocycles. The van der Waals surface area contributed by atoms with Gasteiger partial charge in [0, 0.05) is 6.61 Å². The van der Waals surface area contributed by atoms with Crippen molar-refractivity contribution in [3.8, 4) is 0 Å². The molecule has 3 heteroatoms. The van der Waals surface area contributed by atoms with E-state index in [1.807, 2.05) is 0 Å². The smallest absolute Gasteiger partial charge is 0.151 e. The molecule has 0 aromatic heterocycles. The first-order chi connectivity index (χ1) is 3.81. The molecule has 0 saturated heterocycles. The summed E-state index contributed by atoms with van der Waals surface area (Å²) in [5.74, 6) is 0. The molecule has 49 valence electrons. The number of alkyl halides is 2. The summed E-state index contributed by atoms with van der Waals surface area (Å²) in [5.41, 5.74) is 0. The Morgan fingerprint density at radius 3 is 2.62 bits per heavy atom. The molecule has 0 fully saturated rings. The third-order valence-electron chi connectivity index (χ3n) is 0.610. The van der Waals surface area contributed by atoms with Crippen LogP contribution >= 0.6 is 0 Å². The molecule has 0 aromatic carbocycles. The van der Waals surface area contributed by atoms with Crippen LogP contribution in [-0.2, 0) is 4.74 Å². The lowest BCUT2D eigenvalue weighted by molar-refractivity contribution is 0.0856. The Bertz CT molecular complexity index is 49.7. The molecule has 8 heavy (non-hydrogen) atoms. The lowest BCUT2D eigenvalue weighted by Crippen LogP contribution is -2.11. The first-order valence-corrected chi connectivity index (χ1v) is 2.38. The van der Waals surface area contributed by atoms with Gasteiger partial charge in [-0.15, -0.1) is 0 Å². The molecule has 1 unspecified atom stereocenters. The Morgan fingerprint density at radius 2 is 2.25 bits per heavy atom. The van der Waals surface area contributed by atoms with Gasteiger partial charge in [0.05, 0.1) is 6.61 Å². The van der Waals surface area contributed by atoms with E-state index in [1.54, 1.807) is 0 Å². The molecular formula is C5H9F2O. The molecule has 0 amide bonds. The molecule has 0 aliphatic carbocycles. The summed E-state index contributed by atoms with van der Waals surface area (Å²) < 4.78 is 27.5. The fraction of sp³-hybridized carbons (Fsp3) is 0.800. The predicted molar refractivity (Wildman–Crippen MR) is 27.0 cm³/mol. The van der Waals surface area contributed by atoms with E-state index in [0.717, 1.165) is 0 Å². The first-order valence-electron chi connectivity index (χ1n) is 2.38. The van der Waals surface area contributed by atoms with Gasteiger partial charge in [0.1, 0.15) is 6.67 Å². The van der Waals surface area contributed by atoms with Crippen molar-refractivity contribution in [3.05, 3.63) is 6.92 Å². The van der Waals surface area contributed by atoms with E-state index >= 15 is 0 Å². The maximum absolute atomic E-state index is 11.8. The third kappa shape index (κ3) is 3.99. The summed E-state index contributed by atoms with van der Waals surface area (Å²) in [6.45, 7) is 2.32. The zero-order valence-electron chi connectivity index (χ0n) is 4.57. The second-order valence-electron chi connectivity index (χ2n) is 1.33. The van der Waals surface area contributed by atoms with Crippen LogP contribution in [0.4, 0.5) is 8.78 Å². The second-order valence-corrected chi connectivity index (χ2v) is 1.33. The SMILES string of the molecule is [CH2]COCC(F)CF. The van der Waals surface area contributed by atoms with E-state index in [4.69, 9.17) is 0 Å². The molecule has 1 nitrogen and oxygen atoms in total. The molecule has 1 atom stereocenters. The van der Waals surface area contributed by atoms with Gasteiger partial charge in [-0.1, -0.05) is 0 Å². The van der Waals surface area contributed by atoms with Crippen molar-refractivity contribution in [3.63, 3.8) is 0 Å².